The molecule has 0 unspecified atom stereocenters. The third-order valence-corrected chi connectivity index (χ3v) is 5.14. The molecule has 0 N–H and O–H groups in total. The second kappa shape index (κ2) is 4.70. The van der Waals surface area contributed by atoms with E-state index < -0.39 is 0 Å². The quantitative estimate of drug-likeness (QED) is 0.724. The Balaban J connectivity index is 1.64. The van der Waals surface area contributed by atoms with Crippen LogP contribution in [0, 0.1) is 11.3 Å². The number of imidazole rings is 1. The van der Waals surface area contributed by atoms with Crippen molar-refractivity contribution in [3.05, 3.63) is 28.9 Å². The molecular weight excluding hydrogens is 312 g/mol. The first-order valence-electron chi connectivity index (χ1n) is 7.53. The first-order valence-corrected chi connectivity index (χ1v) is 8.35. The molecule has 1 saturated carbocycles. The molecule has 0 saturated heterocycles. The van der Waals surface area contributed by atoms with Gasteiger partial charge in [-0.1, -0.05) is 11.3 Å². The van der Waals surface area contributed by atoms with E-state index in [-0.39, 0.29) is 0 Å². The van der Waals surface area contributed by atoms with Crippen LogP contribution in [0.25, 0.3) is 16.2 Å². The van der Waals surface area contributed by atoms with Gasteiger partial charge in [0.25, 0.3) is 0 Å². The molecule has 5 rings (SSSR count). The highest BCUT2D eigenvalue weighted by Gasteiger charge is 2.29. The zero-order chi connectivity index (χ0) is 15.4. The summed E-state index contributed by atoms with van der Waals surface area (Å²) in [7, 11) is 0. The summed E-state index contributed by atoms with van der Waals surface area (Å²) in [6.07, 6.45) is 2.38. The zero-order valence-corrected chi connectivity index (χ0v) is 13.0. The third kappa shape index (κ3) is 1.99. The van der Waals surface area contributed by atoms with Gasteiger partial charge in [0.05, 0.1) is 0 Å². The molecule has 23 heavy (non-hydrogen) atoms. The minimum absolute atomic E-state index is 0.472. The Morgan fingerprint density at radius 3 is 2.83 bits per heavy atom. The Morgan fingerprint density at radius 2 is 2.04 bits per heavy atom. The highest BCUT2D eigenvalue weighted by molar-refractivity contribution is 7.16. The van der Waals surface area contributed by atoms with E-state index in [1.165, 1.54) is 12.8 Å². The van der Waals surface area contributed by atoms with Crippen LogP contribution >= 0.6 is 11.3 Å². The Labute approximate surface area is 135 Å². The van der Waals surface area contributed by atoms with E-state index in [1.807, 2.05) is 18.2 Å². The number of rotatable bonds is 2. The summed E-state index contributed by atoms with van der Waals surface area (Å²) in [6, 6.07) is 7.89. The lowest BCUT2D eigenvalue weighted by Crippen LogP contribution is -2.15. The van der Waals surface area contributed by atoms with Crippen molar-refractivity contribution >= 4 is 16.3 Å². The van der Waals surface area contributed by atoms with Crippen LogP contribution in [0.3, 0.4) is 0 Å². The van der Waals surface area contributed by atoms with Gasteiger partial charge in [0.1, 0.15) is 30.0 Å². The zero-order valence-electron chi connectivity index (χ0n) is 12.2. The van der Waals surface area contributed by atoms with E-state index in [0.29, 0.717) is 36.3 Å². The van der Waals surface area contributed by atoms with Gasteiger partial charge in [-0.05, 0) is 31.0 Å². The van der Waals surface area contributed by atoms with Crippen molar-refractivity contribution in [3.63, 3.8) is 0 Å². The molecule has 1 aromatic carbocycles. The van der Waals surface area contributed by atoms with Crippen molar-refractivity contribution in [3.8, 4) is 28.8 Å². The van der Waals surface area contributed by atoms with Crippen molar-refractivity contribution in [2.75, 3.05) is 13.2 Å². The van der Waals surface area contributed by atoms with E-state index in [0.717, 1.165) is 21.3 Å². The summed E-state index contributed by atoms with van der Waals surface area (Å²) in [4.78, 5) is 5.41. The molecule has 1 aliphatic heterocycles. The number of hydrogen-bond acceptors (Lipinski definition) is 6. The topological polar surface area (TPSA) is 72.4 Å². The number of fused-ring (bicyclic) bond motifs is 2. The van der Waals surface area contributed by atoms with Crippen LogP contribution in [0.5, 0.6) is 11.5 Å². The Hall–Kier alpha value is -2.59. The summed E-state index contributed by atoms with van der Waals surface area (Å²) < 4.78 is 12.8. The SMILES string of the molecule is N#Cc1c(-c2ccc3c(c2)OCCO3)nc2sc(C3CC3)nn12. The van der Waals surface area contributed by atoms with Gasteiger partial charge in [-0.15, -0.1) is 0 Å². The van der Waals surface area contributed by atoms with E-state index in [2.05, 4.69) is 16.2 Å². The van der Waals surface area contributed by atoms with Crippen molar-refractivity contribution < 1.29 is 9.47 Å². The highest BCUT2D eigenvalue weighted by atomic mass is 32.1. The smallest absolute Gasteiger partial charge is 0.214 e. The summed E-state index contributed by atoms with van der Waals surface area (Å²) in [6.45, 7) is 1.09. The largest absolute Gasteiger partial charge is 0.486 e. The lowest BCUT2D eigenvalue weighted by Gasteiger charge is -2.18. The first kappa shape index (κ1) is 12.9. The fourth-order valence-electron chi connectivity index (χ4n) is 2.75. The van der Waals surface area contributed by atoms with Gasteiger partial charge in [0.15, 0.2) is 17.2 Å². The highest BCUT2D eigenvalue weighted by Crippen LogP contribution is 2.43. The fourth-order valence-corrected chi connectivity index (χ4v) is 3.82. The van der Waals surface area contributed by atoms with E-state index in [1.54, 1.807) is 15.9 Å². The Bertz CT molecular complexity index is 965. The molecule has 0 atom stereocenters. The number of nitriles is 1. The standard InChI is InChI=1S/C16H12N4O2S/c17-8-11-14(10-3-4-12-13(7-10)22-6-5-21-12)18-16-20(11)19-15(23-16)9-1-2-9/h3-4,7,9H,1-2,5-6H2. The number of nitrogens with zero attached hydrogens (tertiary/aromatic N) is 4. The van der Waals surface area contributed by atoms with Gasteiger partial charge < -0.3 is 9.47 Å². The van der Waals surface area contributed by atoms with Crippen LogP contribution in [-0.2, 0) is 0 Å². The first-order chi connectivity index (χ1) is 11.3. The van der Waals surface area contributed by atoms with Gasteiger partial charge in [-0.3, -0.25) is 0 Å². The predicted molar refractivity (Wildman–Crippen MR) is 84.0 cm³/mol. The molecule has 114 valence electrons. The van der Waals surface area contributed by atoms with Crippen molar-refractivity contribution in [1.82, 2.24) is 14.6 Å². The molecule has 2 aromatic heterocycles. The molecule has 2 aliphatic rings. The molecular formula is C16H12N4O2S. The lowest BCUT2D eigenvalue weighted by atomic mass is 10.1. The van der Waals surface area contributed by atoms with Crippen LogP contribution in [0.2, 0.25) is 0 Å². The number of hydrogen-bond donors (Lipinski definition) is 0. The van der Waals surface area contributed by atoms with Crippen molar-refractivity contribution in [2.45, 2.75) is 18.8 Å². The van der Waals surface area contributed by atoms with Crippen LogP contribution in [-0.4, -0.2) is 27.8 Å². The van der Waals surface area contributed by atoms with Crippen LogP contribution < -0.4 is 9.47 Å². The average Bonchev–Trinajstić information content (AvgIpc) is 3.26. The van der Waals surface area contributed by atoms with Gasteiger partial charge >= 0.3 is 0 Å². The molecule has 1 fully saturated rings. The summed E-state index contributed by atoms with van der Waals surface area (Å²) in [5, 5.41) is 15.2. The lowest BCUT2D eigenvalue weighted by molar-refractivity contribution is 0.171. The maximum absolute atomic E-state index is 9.57. The van der Waals surface area contributed by atoms with Crippen LogP contribution in [0.15, 0.2) is 18.2 Å². The molecule has 6 nitrogen and oxygen atoms in total. The van der Waals surface area contributed by atoms with E-state index in [9.17, 15) is 5.26 Å². The fraction of sp³-hybridized carbons (Fsp3) is 0.312. The second-order valence-corrected chi connectivity index (χ2v) is 6.68. The van der Waals surface area contributed by atoms with Gasteiger partial charge in [-0.25, -0.2) is 4.98 Å². The molecule has 0 spiro atoms. The minimum atomic E-state index is 0.472. The number of benzene rings is 1. The summed E-state index contributed by atoms with van der Waals surface area (Å²) in [5.41, 5.74) is 1.96. The average molecular weight is 324 g/mol. The summed E-state index contributed by atoms with van der Waals surface area (Å²) in [5.74, 6) is 1.99. The maximum Gasteiger partial charge on any atom is 0.214 e. The van der Waals surface area contributed by atoms with Gasteiger partial charge in [0, 0.05) is 11.5 Å². The second-order valence-electron chi connectivity index (χ2n) is 5.69. The van der Waals surface area contributed by atoms with Crippen molar-refractivity contribution in [1.29, 1.82) is 5.26 Å². The minimum Gasteiger partial charge on any atom is -0.486 e. The number of aromatic nitrogens is 3. The molecule has 0 radical (unpaired) electrons. The molecule has 0 bridgehead atoms. The number of ether oxygens (including phenoxy) is 2. The van der Waals surface area contributed by atoms with Gasteiger partial charge in [-0.2, -0.15) is 14.9 Å². The monoisotopic (exact) mass is 324 g/mol. The van der Waals surface area contributed by atoms with Gasteiger partial charge in [0.2, 0.25) is 4.96 Å². The van der Waals surface area contributed by atoms with Crippen LogP contribution in [0.4, 0.5) is 0 Å². The molecule has 3 aromatic rings. The summed E-state index contributed by atoms with van der Waals surface area (Å²) >= 11 is 1.58. The van der Waals surface area contributed by atoms with E-state index >= 15 is 0 Å². The maximum atomic E-state index is 9.57. The molecule has 7 heteroatoms. The Morgan fingerprint density at radius 1 is 1.22 bits per heavy atom. The Kier molecular flexibility index (Phi) is 2.64. The predicted octanol–water partition coefficient (Wildman–Crippen LogP) is 2.98. The third-order valence-electron chi connectivity index (χ3n) is 4.07. The van der Waals surface area contributed by atoms with E-state index in [4.69, 9.17) is 9.47 Å². The van der Waals surface area contributed by atoms with Crippen molar-refractivity contribution in [2.24, 2.45) is 0 Å². The molecule has 1 aliphatic carbocycles. The van der Waals surface area contributed by atoms with Crippen LogP contribution in [0.1, 0.15) is 29.5 Å². The molecule has 0 amide bonds. The normalized spacial score (nSPS) is 16.5. The molecule has 3 heterocycles.